The Morgan fingerprint density at radius 3 is 2.48 bits per heavy atom. The van der Waals surface area contributed by atoms with Gasteiger partial charge in [-0.3, -0.25) is 4.90 Å². The predicted molar refractivity (Wildman–Crippen MR) is 94.7 cm³/mol. The largest absolute Gasteiger partial charge is 0.369 e. The third kappa shape index (κ3) is 2.82. The van der Waals surface area contributed by atoms with Gasteiger partial charge in [0.05, 0.1) is 24.0 Å². The number of para-hydroxylation sites is 3. The minimum atomic E-state index is 0.919. The van der Waals surface area contributed by atoms with Crippen molar-refractivity contribution in [1.82, 2.24) is 14.5 Å². The molecular weight excluding hydrogens is 284 g/mol. The lowest BCUT2D eigenvalue weighted by Gasteiger charge is -2.36. The number of aromatic nitrogens is 2. The fraction of sp³-hybridized carbons (Fsp3) is 0.316. The minimum absolute atomic E-state index is 0.919. The Hall–Kier alpha value is -2.33. The maximum absolute atomic E-state index is 4.48. The van der Waals surface area contributed by atoms with Gasteiger partial charge in [-0.25, -0.2) is 4.98 Å². The minimum Gasteiger partial charge on any atom is -0.369 e. The van der Waals surface area contributed by atoms with E-state index in [1.54, 1.807) is 0 Å². The molecule has 1 aliphatic rings. The van der Waals surface area contributed by atoms with Gasteiger partial charge in [0.1, 0.15) is 0 Å². The van der Waals surface area contributed by atoms with Gasteiger partial charge >= 0.3 is 0 Å². The molecule has 3 aromatic rings. The Labute approximate surface area is 137 Å². The molecular formula is C19H22N4. The summed E-state index contributed by atoms with van der Waals surface area (Å²) < 4.78 is 2.25. The molecule has 4 heteroatoms. The van der Waals surface area contributed by atoms with E-state index in [-0.39, 0.29) is 0 Å². The van der Waals surface area contributed by atoms with Crippen LogP contribution in [0.3, 0.4) is 0 Å². The number of hydrogen-bond acceptors (Lipinski definition) is 3. The molecule has 1 aliphatic heterocycles. The Kier molecular flexibility index (Phi) is 3.75. The summed E-state index contributed by atoms with van der Waals surface area (Å²) >= 11 is 0. The van der Waals surface area contributed by atoms with Gasteiger partial charge in [0.15, 0.2) is 0 Å². The summed E-state index contributed by atoms with van der Waals surface area (Å²) in [6.45, 7) is 7.44. The van der Waals surface area contributed by atoms with E-state index < -0.39 is 0 Å². The van der Waals surface area contributed by atoms with Crippen molar-refractivity contribution in [2.45, 2.75) is 13.6 Å². The van der Waals surface area contributed by atoms with Crippen molar-refractivity contribution >= 4 is 16.7 Å². The normalized spacial score (nSPS) is 16.1. The zero-order valence-electron chi connectivity index (χ0n) is 13.5. The molecule has 4 rings (SSSR count). The molecule has 1 fully saturated rings. The number of benzene rings is 2. The Morgan fingerprint density at radius 1 is 0.913 bits per heavy atom. The first kappa shape index (κ1) is 14.3. The fourth-order valence-electron chi connectivity index (χ4n) is 3.39. The maximum Gasteiger partial charge on any atom is 0.0969 e. The van der Waals surface area contributed by atoms with E-state index >= 15 is 0 Å². The van der Waals surface area contributed by atoms with Crippen LogP contribution in [0.5, 0.6) is 0 Å². The molecule has 1 saturated heterocycles. The number of hydrogen-bond donors (Lipinski definition) is 0. The van der Waals surface area contributed by atoms with Crippen LogP contribution in [0.15, 0.2) is 54.9 Å². The van der Waals surface area contributed by atoms with Crippen molar-refractivity contribution in [2.24, 2.45) is 0 Å². The second-order valence-electron chi connectivity index (χ2n) is 6.24. The summed E-state index contributed by atoms with van der Waals surface area (Å²) in [5.41, 5.74) is 5.03. The molecule has 0 bridgehead atoms. The van der Waals surface area contributed by atoms with Gasteiger partial charge in [-0.2, -0.15) is 0 Å². The van der Waals surface area contributed by atoms with Crippen molar-refractivity contribution in [3.8, 4) is 0 Å². The van der Waals surface area contributed by atoms with Crippen molar-refractivity contribution < 1.29 is 0 Å². The Bertz CT molecular complexity index is 800. The highest BCUT2D eigenvalue weighted by Gasteiger charge is 2.18. The molecule has 0 amide bonds. The van der Waals surface area contributed by atoms with E-state index in [4.69, 9.17) is 0 Å². The van der Waals surface area contributed by atoms with Gasteiger partial charge in [-0.05, 0) is 30.7 Å². The van der Waals surface area contributed by atoms with E-state index in [0.29, 0.717) is 0 Å². The smallest absolute Gasteiger partial charge is 0.0969 e. The molecule has 0 saturated carbocycles. The number of fused-ring (bicyclic) bond motifs is 1. The molecule has 118 valence electrons. The topological polar surface area (TPSA) is 24.3 Å². The average molecular weight is 306 g/mol. The summed E-state index contributed by atoms with van der Waals surface area (Å²) in [6, 6.07) is 17.0. The zero-order valence-corrected chi connectivity index (χ0v) is 13.5. The van der Waals surface area contributed by atoms with Gasteiger partial charge in [-0.15, -0.1) is 0 Å². The Balaban J connectivity index is 1.43. The van der Waals surface area contributed by atoms with Gasteiger partial charge in [0.2, 0.25) is 0 Å². The number of anilines is 1. The van der Waals surface area contributed by atoms with E-state index in [0.717, 1.165) is 38.4 Å². The molecule has 0 atom stereocenters. The van der Waals surface area contributed by atoms with Crippen LogP contribution in [0.1, 0.15) is 5.56 Å². The molecule has 0 N–H and O–H groups in total. The number of piperazine rings is 1. The summed E-state index contributed by atoms with van der Waals surface area (Å²) in [5.74, 6) is 0. The molecule has 1 aromatic heterocycles. The molecule has 2 heterocycles. The van der Waals surface area contributed by atoms with Crippen LogP contribution in [0, 0.1) is 6.92 Å². The van der Waals surface area contributed by atoms with Crippen LogP contribution in [0.4, 0.5) is 5.69 Å². The zero-order chi connectivity index (χ0) is 15.6. The first-order chi connectivity index (χ1) is 11.3. The second-order valence-corrected chi connectivity index (χ2v) is 6.24. The van der Waals surface area contributed by atoms with Gasteiger partial charge in [0, 0.05) is 31.9 Å². The number of rotatable bonds is 3. The Morgan fingerprint density at radius 2 is 1.65 bits per heavy atom. The summed E-state index contributed by atoms with van der Waals surface area (Å²) in [7, 11) is 0. The number of aryl methyl sites for hydroxylation is 1. The van der Waals surface area contributed by atoms with Crippen LogP contribution in [0.25, 0.3) is 11.0 Å². The first-order valence-electron chi connectivity index (χ1n) is 8.24. The van der Waals surface area contributed by atoms with E-state index in [9.17, 15) is 0 Å². The maximum atomic E-state index is 4.48. The SMILES string of the molecule is Cc1ccccc1N1CCN(Cn2cnc3ccccc32)CC1. The lowest BCUT2D eigenvalue weighted by Crippen LogP contribution is -2.46. The van der Waals surface area contributed by atoms with Gasteiger partial charge in [0.25, 0.3) is 0 Å². The highest BCUT2D eigenvalue weighted by Crippen LogP contribution is 2.21. The molecule has 0 radical (unpaired) electrons. The van der Waals surface area contributed by atoms with Crippen molar-refractivity contribution in [1.29, 1.82) is 0 Å². The van der Waals surface area contributed by atoms with Crippen LogP contribution < -0.4 is 4.90 Å². The van der Waals surface area contributed by atoms with Crippen molar-refractivity contribution in [3.63, 3.8) is 0 Å². The number of nitrogens with zero attached hydrogens (tertiary/aromatic N) is 4. The van der Waals surface area contributed by atoms with Gasteiger partial charge in [-0.1, -0.05) is 30.3 Å². The highest BCUT2D eigenvalue weighted by atomic mass is 15.3. The van der Waals surface area contributed by atoms with E-state index in [1.807, 2.05) is 12.4 Å². The third-order valence-electron chi connectivity index (χ3n) is 4.71. The predicted octanol–water partition coefficient (Wildman–Crippen LogP) is 3.12. The quantitative estimate of drug-likeness (QED) is 0.743. The average Bonchev–Trinajstić information content (AvgIpc) is 2.99. The van der Waals surface area contributed by atoms with E-state index in [1.165, 1.54) is 16.8 Å². The lowest BCUT2D eigenvalue weighted by atomic mass is 10.1. The molecule has 2 aromatic carbocycles. The first-order valence-corrected chi connectivity index (χ1v) is 8.24. The summed E-state index contributed by atoms with van der Waals surface area (Å²) in [5, 5.41) is 0. The van der Waals surface area contributed by atoms with Gasteiger partial charge < -0.3 is 9.47 Å². The molecule has 0 spiro atoms. The monoisotopic (exact) mass is 306 g/mol. The van der Waals surface area contributed by atoms with Crippen LogP contribution in [-0.4, -0.2) is 40.6 Å². The van der Waals surface area contributed by atoms with Crippen LogP contribution >= 0.6 is 0 Å². The van der Waals surface area contributed by atoms with Crippen LogP contribution in [-0.2, 0) is 6.67 Å². The van der Waals surface area contributed by atoms with Crippen molar-refractivity contribution in [2.75, 3.05) is 31.1 Å². The molecule has 0 aliphatic carbocycles. The van der Waals surface area contributed by atoms with E-state index in [2.05, 4.69) is 68.7 Å². The summed E-state index contributed by atoms with van der Waals surface area (Å²) in [4.78, 5) is 9.48. The second kappa shape index (κ2) is 6.05. The van der Waals surface area contributed by atoms with Crippen molar-refractivity contribution in [3.05, 3.63) is 60.4 Å². The lowest BCUT2D eigenvalue weighted by molar-refractivity contribution is 0.209. The highest BCUT2D eigenvalue weighted by molar-refractivity contribution is 5.74. The molecule has 4 nitrogen and oxygen atoms in total. The molecule has 23 heavy (non-hydrogen) atoms. The van der Waals surface area contributed by atoms with Crippen LogP contribution in [0.2, 0.25) is 0 Å². The fourth-order valence-corrected chi connectivity index (χ4v) is 3.39. The molecule has 0 unspecified atom stereocenters. The standard InChI is InChI=1S/C19H22N4/c1-16-6-2-4-8-18(16)22-12-10-21(11-13-22)15-23-14-20-17-7-3-5-9-19(17)23/h2-9,14H,10-13,15H2,1H3. The number of imidazole rings is 1. The third-order valence-corrected chi connectivity index (χ3v) is 4.71. The summed E-state index contributed by atoms with van der Waals surface area (Å²) in [6.07, 6.45) is 1.96.